The molecule has 1 rings (SSSR count). The Bertz CT molecular complexity index is 379. The van der Waals surface area contributed by atoms with E-state index in [0.29, 0.717) is 12.0 Å². The van der Waals surface area contributed by atoms with E-state index < -0.39 is 0 Å². The third-order valence-electron chi connectivity index (χ3n) is 3.23. The maximum Gasteiger partial charge on any atom is 0.142 e. The summed E-state index contributed by atoms with van der Waals surface area (Å²) in [5, 5.41) is 3.85. The summed E-state index contributed by atoms with van der Waals surface area (Å²) in [4.78, 5) is 0. The van der Waals surface area contributed by atoms with Crippen LogP contribution in [0.2, 0.25) is 5.02 Å². The molecule has 0 aliphatic rings. The van der Waals surface area contributed by atoms with Crippen molar-refractivity contribution >= 4 is 11.6 Å². The second-order valence-corrected chi connectivity index (χ2v) is 5.91. The quantitative estimate of drug-likeness (QED) is 0.722. The van der Waals surface area contributed by atoms with Crippen LogP contribution in [-0.2, 0) is 6.42 Å². The van der Waals surface area contributed by atoms with Crippen LogP contribution in [0.15, 0.2) is 18.2 Å². The lowest BCUT2D eigenvalue weighted by atomic mass is 9.97. The molecule has 0 bridgehead atoms. The fraction of sp³-hybridized carbons (Fsp3) is 0.625. The zero-order valence-electron chi connectivity index (χ0n) is 12.2. The Hall–Kier alpha value is -0.600. The summed E-state index contributed by atoms with van der Waals surface area (Å²) in [6.45, 7) is 7.67. The smallest absolute Gasteiger partial charge is 0.142 e. The van der Waals surface area contributed by atoms with Gasteiger partial charge in [0.1, 0.15) is 5.82 Å². The first-order valence-electron chi connectivity index (χ1n) is 7.20. The summed E-state index contributed by atoms with van der Waals surface area (Å²) in [7, 11) is 0. The Morgan fingerprint density at radius 2 is 2.05 bits per heavy atom. The second-order valence-electron chi connectivity index (χ2n) is 5.53. The zero-order chi connectivity index (χ0) is 14.3. The van der Waals surface area contributed by atoms with E-state index in [1.54, 1.807) is 6.07 Å². The molecule has 0 aliphatic heterocycles. The molecule has 0 fully saturated rings. The molecule has 1 atom stereocenters. The molecule has 0 spiro atoms. The van der Waals surface area contributed by atoms with Gasteiger partial charge >= 0.3 is 0 Å². The summed E-state index contributed by atoms with van der Waals surface area (Å²) in [5.74, 6) is 0.346. The van der Waals surface area contributed by atoms with E-state index in [0.717, 1.165) is 37.8 Å². The van der Waals surface area contributed by atoms with Crippen LogP contribution in [0.1, 0.15) is 45.6 Å². The maximum absolute atomic E-state index is 13.4. The van der Waals surface area contributed by atoms with Crippen LogP contribution in [-0.4, -0.2) is 12.6 Å². The van der Waals surface area contributed by atoms with Gasteiger partial charge in [-0.3, -0.25) is 0 Å². The van der Waals surface area contributed by atoms with Crippen LogP contribution in [0.3, 0.4) is 0 Å². The lowest BCUT2D eigenvalue weighted by Crippen LogP contribution is -2.31. The first-order valence-corrected chi connectivity index (χ1v) is 7.58. The molecule has 0 radical (unpaired) electrons. The van der Waals surface area contributed by atoms with Crippen molar-refractivity contribution in [2.24, 2.45) is 5.92 Å². The lowest BCUT2D eigenvalue weighted by molar-refractivity contribution is 0.398. The topological polar surface area (TPSA) is 12.0 Å². The number of hydrogen-bond acceptors (Lipinski definition) is 1. The van der Waals surface area contributed by atoms with Crippen LogP contribution in [0.25, 0.3) is 0 Å². The van der Waals surface area contributed by atoms with Crippen molar-refractivity contribution in [3.8, 4) is 0 Å². The molecule has 1 nitrogen and oxygen atoms in total. The first-order chi connectivity index (χ1) is 9.04. The van der Waals surface area contributed by atoms with Gasteiger partial charge in [0.2, 0.25) is 0 Å². The van der Waals surface area contributed by atoms with Gasteiger partial charge in [-0.25, -0.2) is 4.39 Å². The molecule has 1 N–H and O–H groups in total. The van der Waals surface area contributed by atoms with E-state index in [-0.39, 0.29) is 10.8 Å². The Balaban J connectivity index is 2.56. The summed E-state index contributed by atoms with van der Waals surface area (Å²) in [6, 6.07) is 5.54. The molecule has 1 aromatic carbocycles. The lowest BCUT2D eigenvalue weighted by Gasteiger charge is -2.20. The zero-order valence-corrected chi connectivity index (χ0v) is 12.9. The fourth-order valence-electron chi connectivity index (χ4n) is 2.29. The number of nitrogens with one attached hydrogen (secondary N) is 1. The van der Waals surface area contributed by atoms with Crippen molar-refractivity contribution in [1.29, 1.82) is 0 Å². The summed E-state index contributed by atoms with van der Waals surface area (Å²) in [5.41, 5.74) is 0.911. The van der Waals surface area contributed by atoms with Gasteiger partial charge in [0.05, 0.1) is 5.02 Å². The van der Waals surface area contributed by atoms with Crippen LogP contribution in [0, 0.1) is 11.7 Å². The SMILES string of the molecule is CCCNC(CCc1cccc(F)c1Cl)CC(C)C. The Labute approximate surface area is 121 Å². The van der Waals surface area contributed by atoms with Gasteiger partial charge in [-0.1, -0.05) is 44.5 Å². The monoisotopic (exact) mass is 285 g/mol. The maximum atomic E-state index is 13.4. The largest absolute Gasteiger partial charge is 0.314 e. The predicted molar refractivity (Wildman–Crippen MR) is 81.3 cm³/mol. The number of halogens is 2. The molecule has 108 valence electrons. The van der Waals surface area contributed by atoms with Crippen LogP contribution in [0.4, 0.5) is 4.39 Å². The van der Waals surface area contributed by atoms with Gasteiger partial charge in [0, 0.05) is 6.04 Å². The Morgan fingerprint density at radius 3 is 2.68 bits per heavy atom. The van der Waals surface area contributed by atoms with E-state index in [1.165, 1.54) is 6.07 Å². The number of rotatable bonds is 8. The molecule has 1 unspecified atom stereocenters. The minimum absolute atomic E-state index is 0.279. The van der Waals surface area contributed by atoms with Crippen molar-refractivity contribution < 1.29 is 4.39 Å². The molecular formula is C16H25ClFN. The third-order valence-corrected chi connectivity index (χ3v) is 3.66. The number of hydrogen-bond donors (Lipinski definition) is 1. The van der Waals surface area contributed by atoms with Gasteiger partial charge in [-0.2, -0.15) is 0 Å². The highest BCUT2D eigenvalue weighted by atomic mass is 35.5. The molecule has 3 heteroatoms. The van der Waals surface area contributed by atoms with Gasteiger partial charge in [-0.15, -0.1) is 0 Å². The fourth-order valence-corrected chi connectivity index (χ4v) is 2.51. The van der Waals surface area contributed by atoms with Crippen molar-refractivity contribution in [3.05, 3.63) is 34.6 Å². The number of aryl methyl sites for hydroxylation is 1. The second kappa shape index (κ2) is 8.55. The summed E-state index contributed by atoms with van der Waals surface area (Å²) >= 11 is 5.99. The summed E-state index contributed by atoms with van der Waals surface area (Å²) < 4.78 is 13.4. The molecule has 1 aromatic rings. The van der Waals surface area contributed by atoms with Crippen molar-refractivity contribution in [2.45, 2.75) is 52.5 Å². The van der Waals surface area contributed by atoms with Gasteiger partial charge < -0.3 is 5.32 Å². The van der Waals surface area contributed by atoms with E-state index in [2.05, 4.69) is 26.1 Å². The highest BCUT2D eigenvalue weighted by Crippen LogP contribution is 2.22. The van der Waals surface area contributed by atoms with Gasteiger partial charge in [0.25, 0.3) is 0 Å². The standard InChI is InChI=1S/C16H25ClFN/c1-4-10-19-14(11-12(2)3)9-8-13-6-5-7-15(18)16(13)17/h5-7,12,14,19H,4,8-11H2,1-3H3. The van der Waals surface area contributed by atoms with E-state index in [1.807, 2.05) is 6.07 Å². The molecule has 0 saturated carbocycles. The van der Waals surface area contributed by atoms with Crippen molar-refractivity contribution in [1.82, 2.24) is 5.32 Å². The highest BCUT2D eigenvalue weighted by Gasteiger charge is 2.12. The highest BCUT2D eigenvalue weighted by molar-refractivity contribution is 6.31. The first kappa shape index (κ1) is 16.5. The molecule has 0 aliphatic carbocycles. The molecular weight excluding hydrogens is 261 g/mol. The van der Waals surface area contributed by atoms with E-state index >= 15 is 0 Å². The molecule has 0 amide bonds. The molecule has 0 saturated heterocycles. The Kier molecular flexibility index (Phi) is 7.40. The third kappa shape index (κ3) is 5.92. The minimum atomic E-state index is -0.318. The van der Waals surface area contributed by atoms with Crippen molar-refractivity contribution in [2.75, 3.05) is 6.54 Å². The average Bonchev–Trinajstić information content (AvgIpc) is 2.36. The normalized spacial score (nSPS) is 12.9. The average molecular weight is 286 g/mol. The minimum Gasteiger partial charge on any atom is -0.314 e. The van der Waals surface area contributed by atoms with E-state index in [4.69, 9.17) is 11.6 Å². The predicted octanol–water partition coefficient (Wildman–Crippen LogP) is 4.83. The molecule has 19 heavy (non-hydrogen) atoms. The van der Waals surface area contributed by atoms with Crippen LogP contribution in [0.5, 0.6) is 0 Å². The number of benzene rings is 1. The van der Waals surface area contributed by atoms with E-state index in [9.17, 15) is 4.39 Å². The molecule has 0 aromatic heterocycles. The summed E-state index contributed by atoms with van der Waals surface area (Å²) in [6.07, 6.45) is 4.11. The Morgan fingerprint density at radius 1 is 1.32 bits per heavy atom. The van der Waals surface area contributed by atoms with Crippen LogP contribution < -0.4 is 5.32 Å². The van der Waals surface area contributed by atoms with Gasteiger partial charge in [-0.05, 0) is 49.8 Å². The van der Waals surface area contributed by atoms with Crippen molar-refractivity contribution in [3.63, 3.8) is 0 Å². The molecule has 0 heterocycles. The van der Waals surface area contributed by atoms with Gasteiger partial charge in [0.15, 0.2) is 0 Å². The van der Waals surface area contributed by atoms with Crippen LogP contribution >= 0.6 is 11.6 Å².